The summed E-state index contributed by atoms with van der Waals surface area (Å²) in [4.78, 5) is 10.4. The number of rotatable bonds is 17. The molecule has 0 atom stereocenters. The number of carbonyl (C=O) groups excluding carboxylic acids is 1. The number of hydrogen-bond donors (Lipinski definition) is 0. The van der Waals surface area contributed by atoms with E-state index in [1.807, 2.05) is 0 Å². The Hall–Kier alpha value is -0.570. The summed E-state index contributed by atoms with van der Waals surface area (Å²) in [5, 5.41) is 10.4. The van der Waals surface area contributed by atoms with Crippen molar-refractivity contribution >= 4 is 5.97 Å². The molecule has 0 aliphatic carbocycles. The lowest BCUT2D eigenvalue weighted by Crippen LogP contribution is -2.50. The molecule has 0 spiro atoms. The van der Waals surface area contributed by atoms with Crippen molar-refractivity contribution in [3.05, 3.63) is 0 Å². The van der Waals surface area contributed by atoms with Gasteiger partial charge < -0.3 is 14.4 Å². The second-order valence-corrected chi connectivity index (χ2v) is 7.19. The molecule has 0 saturated carbocycles. The Morgan fingerprint density at radius 3 is 1.48 bits per heavy atom. The first-order valence-corrected chi connectivity index (χ1v) is 10.1. The summed E-state index contributed by atoms with van der Waals surface area (Å²) in [5.74, 6) is -0.903. The molecule has 138 valence electrons. The third kappa shape index (κ3) is 12.5. The molecule has 0 aromatic rings. The molecule has 0 aromatic heterocycles. The van der Waals surface area contributed by atoms with E-state index >= 15 is 0 Å². The predicted molar refractivity (Wildman–Crippen MR) is 97.2 cm³/mol. The van der Waals surface area contributed by atoms with E-state index < -0.39 is 5.97 Å². The minimum absolute atomic E-state index is 0.226. The number of carbonyl (C=O) groups is 1. The molecule has 0 fully saturated rings. The first-order chi connectivity index (χ1) is 11.1. The molecule has 0 heterocycles. The van der Waals surface area contributed by atoms with Crippen LogP contribution in [0.2, 0.25) is 0 Å². The normalized spacial score (nSPS) is 11.8. The number of hydrogen-bond acceptors (Lipinski definition) is 2. The first-order valence-electron chi connectivity index (χ1n) is 10.1. The summed E-state index contributed by atoms with van der Waals surface area (Å²) < 4.78 is 1.33. The van der Waals surface area contributed by atoms with Crippen LogP contribution in [0.15, 0.2) is 0 Å². The predicted octanol–water partition coefficient (Wildman–Crippen LogP) is 4.29. The Balaban J connectivity index is 4.21. The quantitative estimate of drug-likeness (QED) is 0.295. The van der Waals surface area contributed by atoms with Gasteiger partial charge in [-0.05, 0) is 44.9 Å². The van der Waals surface area contributed by atoms with Gasteiger partial charge in [0.05, 0.1) is 26.2 Å². The van der Waals surface area contributed by atoms with E-state index in [9.17, 15) is 9.90 Å². The maximum absolute atomic E-state index is 10.4. The summed E-state index contributed by atoms with van der Waals surface area (Å²) in [6, 6.07) is 0. The van der Waals surface area contributed by atoms with Crippen LogP contribution in [0.4, 0.5) is 0 Å². The van der Waals surface area contributed by atoms with Gasteiger partial charge in [0.25, 0.3) is 0 Å². The molecule has 0 aliphatic rings. The van der Waals surface area contributed by atoms with Crippen LogP contribution in [-0.2, 0) is 4.79 Å². The highest BCUT2D eigenvalue weighted by atomic mass is 16.4. The number of carboxylic acid groups (broad SMARTS) is 1. The van der Waals surface area contributed by atoms with Crippen LogP contribution >= 0.6 is 0 Å². The van der Waals surface area contributed by atoms with Gasteiger partial charge in [0.2, 0.25) is 0 Å². The third-order valence-corrected chi connectivity index (χ3v) is 4.97. The highest BCUT2D eigenvalue weighted by molar-refractivity contribution is 5.63. The Bertz CT molecular complexity index is 257. The van der Waals surface area contributed by atoms with Gasteiger partial charge in [-0.2, -0.15) is 0 Å². The molecule has 3 nitrogen and oxygen atoms in total. The fraction of sp³-hybridized carbons (Fsp3) is 0.950. The minimum atomic E-state index is -0.903. The van der Waals surface area contributed by atoms with Gasteiger partial charge in [0, 0.05) is 5.97 Å². The summed E-state index contributed by atoms with van der Waals surface area (Å²) in [5.41, 5.74) is 0. The highest BCUT2D eigenvalue weighted by Crippen LogP contribution is 2.17. The number of nitrogens with zero attached hydrogens (tertiary/aromatic N) is 1. The van der Waals surface area contributed by atoms with E-state index in [2.05, 4.69) is 20.8 Å². The lowest BCUT2D eigenvalue weighted by atomic mass is 10.1. The van der Waals surface area contributed by atoms with E-state index in [1.165, 1.54) is 88.4 Å². The van der Waals surface area contributed by atoms with Crippen molar-refractivity contribution in [1.29, 1.82) is 0 Å². The van der Waals surface area contributed by atoms with E-state index in [0.717, 1.165) is 12.8 Å². The van der Waals surface area contributed by atoms with Crippen molar-refractivity contribution < 1.29 is 14.4 Å². The minimum Gasteiger partial charge on any atom is -0.550 e. The molecule has 0 radical (unpaired) electrons. The lowest BCUT2D eigenvalue weighted by Gasteiger charge is -2.39. The van der Waals surface area contributed by atoms with Gasteiger partial charge in [0.1, 0.15) is 0 Å². The molecule has 0 rings (SSSR count). The standard InChI is InChI=1S/C20H41NO2/c1-4-7-16-21(17-8-5-2,18-9-6-3)19-14-12-10-11-13-15-20(22)23/h4-19H2,1-3H3. The van der Waals surface area contributed by atoms with Gasteiger partial charge in [-0.1, -0.05) is 52.9 Å². The van der Waals surface area contributed by atoms with Crippen LogP contribution in [0.25, 0.3) is 0 Å². The van der Waals surface area contributed by atoms with Crippen LogP contribution < -0.4 is 5.11 Å². The zero-order chi connectivity index (χ0) is 17.4. The molecule has 0 aliphatic heterocycles. The van der Waals surface area contributed by atoms with Gasteiger partial charge in [-0.3, -0.25) is 0 Å². The van der Waals surface area contributed by atoms with Gasteiger partial charge in [0.15, 0.2) is 0 Å². The monoisotopic (exact) mass is 327 g/mol. The molecule has 0 aromatic carbocycles. The second kappa shape index (κ2) is 15.0. The SMILES string of the molecule is CCCC[N+](CCCC)(CCCC)CCCCCCCC(=O)[O-]. The van der Waals surface area contributed by atoms with Crippen molar-refractivity contribution in [2.24, 2.45) is 0 Å². The van der Waals surface area contributed by atoms with Crippen LogP contribution in [0, 0.1) is 0 Å². The maximum atomic E-state index is 10.4. The number of unbranched alkanes of at least 4 members (excludes halogenated alkanes) is 7. The topological polar surface area (TPSA) is 40.1 Å². The van der Waals surface area contributed by atoms with E-state index in [-0.39, 0.29) is 6.42 Å². The van der Waals surface area contributed by atoms with E-state index in [4.69, 9.17) is 0 Å². The molecule has 0 amide bonds. The molecule has 3 heteroatoms. The van der Waals surface area contributed by atoms with Crippen LogP contribution in [-0.4, -0.2) is 36.6 Å². The summed E-state index contributed by atoms with van der Waals surface area (Å²) >= 11 is 0. The lowest BCUT2D eigenvalue weighted by molar-refractivity contribution is -0.929. The van der Waals surface area contributed by atoms with Crippen molar-refractivity contribution in [3.63, 3.8) is 0 Å². The average molecular weight is 328 g/mol. The second-order valence-electron chi connectivity index (χ2n) is 7.19. The van der Waals surface area contributed by atoms with E-state index in [0.29, 0.717) is 0 Å². The smallest absolute Gasteiger partial charge is 0.0786 e. The fourth-order valence-corrected chi connectivity index (χ4v) is 3.40. The number of aliphatic carboxylic acids is 1. The van der Waals surface area contributed by atoms with Crippen LogP contribution in [0.3, 0.4) is 0 Å². The number of carboxylic acids is 1. The van der Waals surface area contributed by atoms with Gasteiger partial charge in [-0.25, -0.2) is 0 Å². The van der Waals surface area contributed by atoms with Crippen molar-refractivity contribution in [1.82, 2.24) is 0 Å². The Kier molecular flexibility index (Phi) is 14.6. The Morgan fingerprint density at radius 2 is 1.04 bits per heavy atom. The van der Waals surface area contributed by atoms with Gasteiger partial charge in [-0.15, -0.1) is 0 Å². The zero-order valence-corrected chi connectivity index (χ0v) is 16.1. The van der Waals surface area contributed by atoms with E-state index in [1.54, 1.807) is 0 Å². The van der Waals surface area contributed by atoms with Crippen molar-refractivity contribution in [3.8, 4) is 0 Å². The largest absolute Gasteiger partial charge is 0.550 e. The zero-order valence-electron chi connectivity index (χ0n) is 16.1. The molecule has 23 heavy (non-hydrogen) atoms. The van der Waals surface area contributed by atoms with Crippen LogP contribution in [0.5, 0.6) is 0 Å². The molecular weight excluding hydrogens is 286 g/mol. The van der Waals surface area contributed by atoms with Gasteiger partial charge >= 0.3 is 0 Å². The third-order valence-electron chi connectivity index (χ3n) is 4.97. The number of quaternary nitrogens is 1. The molecule has 0 N–H and O–H groups in total. The maximum Gasteiger partial charge on any atom is 0.0786 e. The first kappa shape index (κ1) is 22.4. The molecule has 0 bridgehead atoms. The average Bonchev–Trinajstić information content (AvgIpc) is 2.54. The molecule has 0 unspecified atom stereocenters. The highest BCUT2D eigenvalue weighted by Gasteiger charge is 2.24. The summed E-state index contributed by atoms with van der Waals surface area (Å²) in [6.45, 7) is 12.3. The Labute approximate surface area is 145 Å². The summed E-state index contributed by atoms with van der Waals surface area (Å²) in [7, 11) is 0. The van der Waals surface area contributed by atoms with Crippen molar-refractivity contribution in [2.75, 3.05) is 26.2 Å². The molecular formula is C20H41NO2. The van der Waals surface area contributed by atoms with Crippen LogP contribution in [0.1, 0.15) is 97.8 Å². The molecule has 0 saturated heterocycles. The van der Waals surface area contributed by atoms with Crippen molar-refractivity contribution in [2.45, 2.75) is 97.8 Å². The Morgan fingerprint density at radius 1 is 0.652 bits per heavy atom. The summed E-state index contributed by atoms with van der Waals surface area (Å²) in [6.07, 6.45) is 13.7. The fourth-order valence-electron chi connectivity index (χ4n) is 3.40.